The number of hydrogen-bond donors (Lipinski definition) is 2. The normalized spacial score (nSPS) is 15.8. The molecule has 1 amide bonds. The predicted octanol–water partition coefficient (Wildman–Crippen LogP) is -1.88. The van der Waals surface area contributed by atoms with Crippen molar-refractivity contribution in [3.8, 4) is 11.8 Å². The average Bonchev–Trinajstić information content (AvgIpc) is 3.37. The smallest absolute Gasteiger partial charge is 0.303 e. The van der Waals surface area contributed by atoms with Gasteiger partial charge in [0.25, 0.3) is 16.6 Å². The predicted molar refractivity (Wildman–Crippen MR) is 122 cm³/mol. The minimum atomic E-state index is -4.13. The molecule has 3 N–H and O–H groups in total. The van der Waals surface area contributed by atoms with Crippen LogP contribution in [0.25, 0.3) is 0 Å². The summed E-state index contributed by atoms with van der Waals surface area (Å²) in [4.78, 5) is 25.5. The zero-order chi connectivity index (χ0) is 22.9. The molecule has 0 fully saturated rings. The Bertz CT molecular complexity index is 1500. The number of primary sulfonamides is 1. The standard InChI is InChI=1S/C18H13N9O3S2/c1-10-20-7-12(23-10)18(28)24-14-5-11(13(8-21-14)32(19,29)30)3-4-15-25-26-16-6-17(31-2)22-9-27(15)16/h5-9H,1-2H3,(H2-,19,21,24,28,29,30)/q+2/p+1. The number of aromatic nitrogens is 1. The Balaban J connectivity index is 1.65. The topological polar surface area (TPSA) is 172 Å². The first-order valence-corrected chi connectivity index (χ1v) is 11.6. The van der Waals surface area contributed by atoms with Crippen LogP contribution in [0.15, 0.2) is 39.2 Å². The number of thioether (sulfide) groups is 1. The summed E-state index contributed by atoms with van der Waals surface area (Å²) in [5, 5.41) is 12.6. The third kappa shape index (κ3) is 4.34. The lowest BCUT2D eigenvalue weighted by Crippen LogP contribution is -2.28. The number of pyridine rings is 1. The number of sulfonamides is 1. The SMILES string of the molecule is CSC1=[N+]=CN2C(=C1)N=[N+]=C2C#Cc1cc(NC(=O)C2=NC(C)=[N+]=C2)ncc1S(N)(=O)=O. The van der Waals surface area contributed by atoms with Gasteiger partial charge in [-0.2, -0.15) is 0 Å². The number of aliphatic imine (C=N–C) groups is 1. The zero-order valence-electron chi connectivity index (χ0n) is 16.6. The summed E-state index contributed by atoms with van der Waals surface area (Å²) in [7, 11) is -4.13. The highest BCUT2D eigenvalue weighted by Gasteiger charge is 2.35. The fourth-order valence-electron chi connectivity index (χ4n) is 2.61. The molecule has 0 aromatic carbocycles. The lowest BCUT2D eigenvalue weighted by molar-refractivity contribution is -0.110. The first-order chi connectivity index (χ1) is 15.2. The van der Waals surface area contributed by atoms with Crippen molar-refractivity contribution in [1.82, 2.24) is 19.2 Å². The van der Waals surface area contributed by atoms with E-state index in [9.17, 15) is 13.2 Å². The molecule has 0 saturated carbocycles. The van der Waals surface area contributed by atoms with Gasteiger partial charge in [-0.1, -0.05) is 22.5 Å². The summed E-state index contributed by atoms with van der Waals surface area (Å²) < 4.78 is 32.1. The molecule has 14 heteroatoms. The number of carbonyl (C=O) groups excluding carboxylic acids is 1. The van der Waals surface area contributed by atoms with E-state index < -0.39 is 15.9 Å². The van der Waals surface area contributed by atoms with Crippen LogP contribution in [0.2, 0.25) is 0 Å². The number of nitrogens with zero attached hydrogens (tertiary/aromatic N) is 7. The zero-order valence-corrected chi connectivity index (χ0v) is 18.3. The Hall–Kier alpha value is -4.07. The Morgan fingerprint density at radius 1 is 1.31 bits per heavy atom. The van der Waals surface area contributed by atoms with E-state index >= 15 is 0 Å². The minimum absolute atomic E-state index is 0.0213. The van der Waals surface area contributed by atoms with Crippen LogP contribution < -0.4 is 19.8 Å². The Morgan fingerprint density at radius 3 is 2.81 bits per heavy atom. The monoisotopic (exact) mass is 468 g/mol. The van der Waals surface area contributed by atoms with Crippen LogP contribution in [0.1, 0.15) is 12.5 Å². The van der Waals surface area contributed by atoms with Crippen LogP contribution in [0, 0.1) is 11.8 Å². The Morgan fingerprint density at radius 2 is 2.12 bits per heavy atom. The number of nitrogens with one attached hydrogen (secondary N) is 1. The second kappa shape index (κ2) is 8.22. The molecule has 3 aliphatic heterocycles. The number of fused-ring (bicyclic) bond motifs is 1. The van der Waals surface area contributed by atoms with Crippen LogP contribution in [0.5, 0.6) is 0 Å². The maximum absolute atomic E-state index is 12.3. The molecule has 0 saturated heterocycles. The first kappa shape index (κ1) is 21.2. The first-order valence-electron chi connectivity index (χ1n) is 8.82. The molecular formula is C18H14N9O3S2+3. The molecule has 0 radical (unpaired) electrons. The second-order valence-electron chi connectivity index (χ2n) is 6.30. The molecule has 32 heavy (non-hydrogen) atoms. The van der Waals surface area contributed by atoms with Crippen molar-refractivity contribution in [3.63, 3.8) is 0 Å². The van der Waals surface area contributed by atoms with E-state index in [0.717, 1.165) is 11.2 Å². The minimum Gasteiger partial charge on any atom is -0.303 e. The van der Waals surface area contributed by atoms with Gasteiger partial charge in [-0.15, -0.1) is 4.90 Å². The maximum atomic E-state index is 12.3. The van der Waals surface area contributed by atoms with Gasteiger partial charge in [0.1, 0.15) is 10.7 Å². The number of hydrogen-bond acceptors (Lipinski definition) is 8. The molecule has 1 aromatic rings. The lowest BCUT2D eigenvalue weighted by atomic mass is 10.2. The maximum Gasteiger partial charge on any atom is 0.469 e. The van der Waals surface area contributed by atoms with Gasteiger partial charge in [-0.3, -0.25) is 4.79 Å². The van der Waals surface area contributed by atoms with Gasteiger partial charge in [0.15, 0.2) is 0 Å². The third-order valence-electron chi connectivity index (χ3n) is 4.10. The van der Waals surface area contributed by atoms with Crippen molar-refractivity contribution in [2.75, 3.05) is 11.6 Å². The van der Waals surface area contributed by atoms with Crippen LogP contribution in [-0.4, -0.2) is 70.2 Å². The van der Waals surface area contributed by atoms with E-state index in [-0.39, 0.29) is 27.8 Å². The summed E-state index contributed by atoms with van der Waals surface area (Å²) in [6, 6.07) is 1.29. The summed E-state index contributed by atoms with van der Waals surface area (Å²) >= 11 is 1.46. The fourth-order valence-corrected chi connectivity index (χ4v) is 3.60. The van der Waals surface area contributed by atoms with E-state index in [0.29, 0.717) is 11.7 Å². The van der Waals surface area contributed by atoms with E-state index in [1.807, 2.05) is 6.26 Å². The number of rotatable bonds is 3. The molecule has 158 valence electrons. The van der Waals surface area contributed by atoms with E-state index in [4.69, 9.17) is 5.14 Å². The number of anilines is 1. The van der Waals surface area contributed by atoms with Gasteiger partial charge in [0.2, 0.25) is 16.2 Å². The number of amides is 1. The summed E-state index contributed by atoms with van der Waals surface area (Å²) in [5.74, 6) is 6.20. The van der Waals surface area contributed by atoms with Gasteiger partial charge in [0.05, 0.1) is 29.9 Å². The highest BCUT2D eigenvalue weighted by molar-refractivity contribution is 8.13. The highest BCUT2D eigenvalue weighted by atomic mass is 32.2. The van der Waals surface area contributed by atoms with Crippen LogP contribution in [0.3, 0.4) is 0 Å². The average molecular weight is 469 g/mol. The van der Waals surface area contributed by atoms with Crippen molar-refractivity contribution >= 4 is 68.5 Å². The lowest BCUT2D eigenvalue weighted by Gasteiger charge is -2.05. The molecule has 0 spiro atoms. The molecule has 12 nitrogen and oxygen atoms in total. The summed E-state index contributed by atoms with van der Waals surface area (Å²) in [6.45, 7) is 1.65. The van der Waals surface area contributed by atoms with Crippen molar-refractivity contribution in [2.45, 2.75) is 11.8 Å². The summed E-state index contributed by atoms with van der Waals surface area (Å²) in [5.41, 5.74) is 0.118. The number of nitrogens with two attached hydrogens (primary N) is 1. The van der Waals surface area contributed by atoms with Gasteiger partial charge >= 0.3 is 23.9 Å². The van der Waals surface area contributed by atoms with E-state index in [1.54, 1.807) is 17.9 Å². The van der Waals surface area contributed by atoms with Crippen LogP contribution in [0.4, 0.5) is 5.82 Å². The third-order valence-corrected chi connectivity index (χ3v) is 5.68. The van der Waals surface area contributed by atoms with Gasteiger partial charge in [-0.25, -0.2) is 27.9 Å². The molecule has 1 aromatic heterocycles. The summed E-state index contributed by atoms with van der Waals surface area (Å²) in [6.07, 6.45) is 7.48. The van der Waals surface area contributed by atoms with Gasteiger partial charge in [0, 0.05) is 5.92 Å². The Labute approximate surface area is 186 Å². The molecule has 4 heterocycles. The van der Waals surface area contributed by atoms with Crippen molar-refractivity contribution < 1.29 is 18.0 Å². The molecule has 0 unspecified atom stereocenters. The van der Waals surface area contributed by atoms with Gasteiger partial charge < -0.3 is 5.32 Å². The highest BCUT2D eigenvalue weighted by Crippen LogP contribution is 2.17. The van der Waals surface area contributed by atoms with Crippen LogP contribution in [-0.2, 0) is 14.8 Å². The largest absolute Gasteiger partial charge is 0.469 e. The molecule has 0 bridgehead atoms. The van der Waals surface area contributed by atoms with Crippen molar-refractivity contribution in [1.29, 1.82) is 0 Å². The molecule has 4 rings (SSSR count). The van der Waals surface area contributed by atoms with Crippen molar-refractivity contribution in [3.05, 3.63) is 29.7 Å². The second-order valence-corrected chi connectivity index (χ2v) is 8.66. The van der Waals surface area contributed by atoms with Crippen LogP contribution >= 0.6 is 11.8 Å². The Kier molecular flexibility index (Phi) is 5.44. The van der Waals surface area contributed by atoms with Crippen molar-refractivity contribution in [2.24, 2.45) is 15.2 Å². The molecule has 0 atom stereocenters. The molecular weight excluding hydrogens is 454 g/mol. The molecule has 0 aliphatic carbocycles. The fraction of sp³-hybridized carbons (Fsp3) is 0.111. The van der Waals surface area contributed by atoms with E-state index in [2.05, 4.69) is 46.4 Å². The van der Waals surface area contributed by atoms with E-state index in [1.165, 1.54) is 30.4 Å². The molecule has 3 aliphatic rings. The quantitative estimate of drug-likeness (QED) is 0.388. The van der Waals surface area contributed by atoms with Gasteiger partial charge in [-0.05, 0) is 17.3 Å². The number of amidine groups is 2. The number of carbonyl (C=O) groups is 1.